The van der Waals surface area contributed by atoms with E-state index < -0.39 is 0 Å². The van der Waals surface area contributed by atoms with E-state index in [2.05, 4.69) is 31.0 Å². The van der Waals surface area contributed by atoms with Crippen molar-refractivity contribution in [1.82, 2.24) is 10.2 Å². The highest BCUT2D eigenvalue weighted by molar-refractivity contribution is 5.22. The molecule has 2 unspecified atom stereocenters. The molecule has 4 heteroatoms. The van der Waals surface area contributed by atoms with Gasteiger partial charge < -0.3 is 10.4 Å². The monoisotopic (exact) mass is 296 g/mol. The minimum absolute atomic E-state index is 0.0175. The van der Waals surface area contributed by atoms with Gasteiger partial charge in [-0.1, -0.05) is 32.0 Å². The topological polar surface area (TPSA) is 35.5 Å². The average molecular weight is 296 g/mol. The average Bonchev–Trinajstić information content (AvgIpc) is 2.45. The smallest absolute Gasteiger partial charge is 0.127 e. The molecule has 2 atom stereocenters. The fraction of sp³-hybridized carbons (Fsp3) is 0.647. The van der Waals surface area contributed by atoms with E-state index in [0.29, 0.717) is 12.6 Å². The highest BCUT2D eigenvalue weighted by Crippen LogP contribution is 2.25. The van der Waals surface area contributed by atoms with Crippen molar-refractivity contribution in [1.29, 1.82) is 0 Å². The molecule has 0 amide bonds. The van der Waals surface area contributed by atoms with E-state index in [1.165, 1.54) is 6.07 Å². The summed E-state index contributed by atoms with van der Waals surface area (Å²) in [7, 11) is 0. The summed E-state index contributed by atoms with van der Waals surface area (Å²) >= 11 is 0. The van der Waals surface area contributed by atoms with Crippen LogP contribution in [0.4, 0.5) is 4.39 Å². The molecule has 0 aliphatic rings. The summed E-state index contributed by atoms with van der Waals surface area (Å²) in [6.45, 7) is 10.8. The molecule has 120 valence electrons. The van der Waals surface area contributed by atoms with Gasteiger partial charge >= 0.3 is 0 Å². The minimum Gasteiger partial charge on any atom is -0.395 e. The van der Waals surface area contributed by atoms with Crippen molar-refractivity contribution in [3.63, 3.8) is 0 Å². The van der Waals surface area contributed by atoms with Crippen LogP contribution in [0.25, 0.3) is 0 Å². The number of hydrogen-bond donors (Lipinski definition) is 2. The van der Waals surface area contributed by atoms with Gasteiger partial charge in [0, 0.05) is 30.7 Å². The van der Waals surface area contributed by atoms with Crippen molar-refractivity contribution >= 4 is 0 Å². The number of nitrogens with one attached hydrogen (secondary N) is 1. The van der Waals surface area contributed by atoms with E-state index in [-0.39, 0.29) is 24.4 Å². The summed E-state index contributed by atoms with van der Waals surface area (Å²) in [6.07, 6.45) is 0. The number of benzene rings is 1. The summed E-state index contributed by atoms with van der Waals surface area (Å²) in [6, 6.07) is 7.31. The molecule has 2 N–H and O–H groups in total. The lowest BCUT2D eigenvalue weighted by molar-refractivity contribution is 0.137. The Morgan fingerprint density at radius 1 is 1.24 bits per heavy atom. The highest BCUT2D eigenvalue weighted by Gasteiger charge is 2.24. The number of rotatable bonds is 9. The Morgan fingerprint density at radius 3 is 2.43 bits per heavy atom. The van der Waals surface area contributed by atoms with Crippen LogP contribution in [0, 0.1) is 11.7 Å². The van der Waals surface area contributed by atoms with E-state index in [9.17, 15) is 9.50 Å². The first kappa shape index (κ1) is 18.1. The van der Waals surface area contributed by atoms with Crippen LogP contribution in [0.3, 0.4) is 0 Å². The molecule has 1 aromatic carbocycles. The standard InChI is InChI=1S/C17H29FN2O/c1-5-19-17(15-8-6-7-9-16(15)18)14(4)12-20(10-11-21)13(2)3/h6-9,13-14,17,19,21H,5,10-12H2,1-4H3. The molecule has 0 radical (unpaired) electrons. The Labute approximate surface area is 128 Å². The van der Waals surface area contributed by atoms with Gasteiger partial charge in [-0.05, 0) is 32.4 Å². The second kappa shape index (κ2) is 9.13. The Hall–Kier alpha value is -0.970. The van der Waals surface area contributed by atoms with Crippen LogP contribution in [0.15, 0.2) is 24.3 Å². The van der Waals surface area contributed by atoms with Gasteiger partial charge in [0.25, 0.3) is 0 Å². The predicted octanol–water partition coefficient (Wildman–Crippen LogP) is 2.82. The van der Waals surface area contributed by atoms with Gasteiger partial charge in [0.15, 0.2) is 0 Å². The van der Waals surface area contributed by atoms with E-state index in [1.54, 1.807) is 6.07 Å². The molecular weight excluding hydrogens is 267 g/mol. The first-order chi connectivity index (χ1) is 10.0. The molecule has 0 aromatic heterocycles. The minimum atomic E-state index is -0.159. The SMILES string of the molecule is CCNC(c1ccccc1F)C(C)CN(CCO)C(C)C. The van der Waals surface area contributed by atoms with Crippen molar-refractivity contribution in [2.45, 2.75) is 39.8 Å². The number of aliphatic hydroxyl groups excluding tert-OH is 1. The second-order valence-corrected chi connectivity index (χ2v) is 5.85. The fourth-order valence-corrected chi connectivity index (χ4v) is 2.73. The molecule has 1 aromatic rings. The number of halogens is 1. The van der Waals surface area contributed by atoms with Crippen LogP contribution in [0.2, 0.25) is 0 Å². The zero-order chi connectivity index (χ0) is 15.8. The van der Waals surface area contributed by atoms with Crippen molar-refractivity contribution in [2.75, 3.05) is 26.2 Å². The number of nitrogens with zero attached hydrogens (tertiary/aromatic N) is 1. The van der Waals surface area contributed by atoms with E-state index in [1.807, 2.05) is 19.1 Å². The van der Waals surface area contributed by atoms with E-state index in [0.717, 1.165) is 18.7 Å². The van der Waals surface area contributed by atoms with Gasteiger partial charge in [-0.25, -0.2) is 4.39 Å². The Kier molecular flexibility index (Phi) is 7.86. The molecule has 0 bridgehead atoms. The van der Waals surface area contributed by atoms with Crippen molar-refractivity contribution in [3.05, 3.63) is 35.6 Å². The molecule has 0 heterocycles. The predicted molar refractivity (Wildman–Crippen MR) is 85.8 cm³/mol. The zero-order valence-corrected chi connectivity index (χ0v) is 13.6. The molecule has 0 saturated heterocycles. The van der Waals surface area contributed by atoms with Crippen molar-refractivity contribution < 1.29 is 9.50 Å². The second-order valence-electron chi connectivity index (χ2n) is 5.85. The normalized spacial score (nSPS) is 14.7. The van der Waals surface area contributed by atoms with Crippen LogP contribution in [0.1, 0.15) is 39.3 Å². The molecular formula is C17H29FN2O. The summed E-state index contributed by atoms with van der Waals surface area (Å²) in [5.74, 6) is 0.0874. The quantitative estimate of drug-likeness (QED) is 0.735. The molecule has 0 fully saturated rings. The van der Waals surface area contributed by atoms with E-state index >= 15 is 0 Å². The molecule has 0 aliphatic carbocycles. The van der Waals surface area contributed by atoms with Crippen LogP contribution < -0.4 is 5.32 Å². The van der Waals surface area contributed by atoms with Crippen LogP contribution in [0.5, 0.6) is 0 Å². The van der Waals surface area contributed by atoms with Crippen LogP contribution in [-0.2, 0) is 0 Å². The molecule has 3 nitrogen and oxygen atoms in total. The van der Waals surface area contributed by atoms with Crippen molar-refractivity contribution in [2.24, 2.45) is 5.92 Å². The number of aliphatic hydroxyl groups is 1. The lowest BCUT2D eigenvalue weighted by Crippen LogP contribution is -2.40. The third kappa shape index (κ3) is 5.38. The number of hydrogen-bond acceptors (Lipinski definition) is 3. The van der Waals surface area contributed by atoms with Crippen LogP contribution >= 0.6 is 0 Å². The maximum Gasteiger partial charge on any atom is 0.127 e. The summed E-state index contributed by atoms with van der Waals surface area (Å²) in [4.78, 5) is 2.23. The first-order valence-electron chi connectivity index (χ1n) is 7.83. The Morgan fingerprint density at radius 2 is 1.90 bits per heavy atom. The first-order valence-corrected chi connectivity index (χ1v) is 7.83. The van der Waals surface area contributed by atoms with E-state index in [4.69, 9.17) is 0 Å². The van der Waals surface area contributed by atoms with Crippen molar-refractivity contribution in [3.8, 4) is 0 Å². The van der Waals surface area contributed by atoms with Gasteiger partial charge in [0.05, 0.1) is 6.61 Å². The van der Waals surface area contributed by atoms with Gasteiger partial charge in [0.1, 0.15) is 5.82 Å². The van der Waals surface area contributed by atoms with Gasteiger partial charge in [-0.3, -0.25) is 4.90 Å². The third-order valence-electron chi connectivity index (χ3n) is 3.87. The molecule has 0 aliphatic heterocycles. The summed E-state index contributed by atoms with van der Waals surface area (Å²) < 4.78 is 14.1. The molecule has 0 saturated carbocycles. The lowest BCUT2D eigenvalue weighted by atomic mass is 9.93. The highest BCUT2D eigenvalue weighted by atomic mass is 19.1. The third-order valence-corrected chi connectivity index (χ3v) is 3.87. The molecule has 21 heavy (non-hydrogen) atoms. The zero-order valence-electron chi connectivity index (χ0n) is 13.6. The fourth-order valence-electron chi connectivity index (χ4n) is 2.73. The Balaban J connectivity index is 2.87. The van der Waals surface area contributed by atoms with Gasteiger partial charge in [0.2, 0.25) is 0 Å². The largest absolute Gasteiger partial charge is 0.395 e. The Bertz CT molecular complexity index is 412. The lowest BCUT2D eigenvalue weighted by Gasteiger charge is -2.33. The van der Waals surface area contributed by atoms with Crippen LogP contribution in [-0.4, -0.2) is 42.3 Å². The molecule has 0 spiro atoms. The maximum atomic E-state index is 14.1. The van der Waals surface area contributed by atoms with Gasteiger partial charge in [-0.2, -0.15) is 0 Å². The van der Waals surface area contributed by atoms with Gasteiger partial charge in [-0.15, -0.1) is 0 Å². The maximum absolute atomic E-state index is 14.1. The molecule has 1 rings (SSSR count). The summed E-state index contributed by atoms with van der Waals surface area (Å²) in [5, 5.41) is 12.6. The summed E-state index contributed by atoms with van der Waals surface area (Å²) in [5.41, 5.74) is 0.722.